The van der Waals surface area contributed by atoms with E-state index in [9.17, 15) is 4.79 Å². The van der Waals surface area contributed by atoms with Crippen molar-refractivity contribution in [1.29, 1.82) is 0 Å². The van der Waals surface area contributed by atoms with Crippen LogP contribution >= 0.6 is 0 Å². The average Bonchev–Trinajstić information content (AvgIpc) is 2.59. The fourth-order valence-electron chi connectivity index (χ4n) is 3.28. The standard InChI is InChI=1S/C19H30N2O3/c1-19(2,14-8-9-16(23-3)17(11-14)24-4)12-21-18(22)13-6-5-7-15(20)10-13/h8-9,11,13,15H,5-7,10,12,20H2,1-4H3,(H,21,22). The summed E-state index contributed by atoms with van der Waals surface area (Å²) in [5.74, 6) is 1.58. The third-order valence-corrected chi connectivity index (χ3v) is 4.96. The predicted molar refractivity (Wildman–Crippen MR) is 95.5 cm³/mol. The Morgan fingerprint density at radius 1 is 1.25 bits per heavy atom. The zero-order valence-corrected chi connectivity index (χ0v) is 15.2. The summed E-state index contributed by atoms with van der Waals surface area (Å²) in [6.07, 6.45) is 3.80. The normalized spacial score (nSPS) is 21.2. The molecule has 2 atom stereocenters. The summed E-state index contributed by atoms with van der Waals surface area (Å²) in [6.45, 7) is 4.80. The third kappa shape index (κ3) is 4.41. The van der Waals surface area contributed by atoms with Crippen LogP contribution in [0.25, 0.3) is 0 Å². The molecule has 5 nitrogen and oxygen atoms in total. The highest BCUT2D eigenvalue weighted by Crippen LogP contribution is 2.33. The minimum atomic E-state index is -0.202. The number of hydrogen-bond acceptors (Lipinski definition) is 4. The van der Waals surface area contributed by atoms with Gasteiger partial charge >= 0.3 is 0 Å². The Morgan fingerprint density at radius 2 is 1.96 bits per heavy atom. The monoisotopic (exact) mass is 334 g/mol. The number of carbonyl (C=O) groups is 1. The van der Waals surface area contributed by atoms with Gasteiger partial charge in [-0.15, -0.1) is 0 Å². The molecule has 1 aromatic carbocycles. The number of rotatable bonds is 6. The summed E-state index contributed by atoms with van der Waals surface area (Å²) in [4.78, 5) is 12.4. The Hall–Kier alpha value is -1.75. The molecular weight excluding hydrogens is 304 g/mol. The van der Waals surface area contributed by atoms with Crippen molar-refractivity contribution in [2.45, 2.75) is 51.0 Å². The van der Waals surface area contributed by atoms with E-state index in [1.165, 1.54) is 0 Å². The van der Waals surface area contributed by atoms with Gasteiger partial charge in [0.15, 0.2) is 11.5 Å². The van der Waals surface area contributed by atoms with Crippen molar-refractivity contribution in [1.82, 2.24) is 5.32 Å². The summed E-state index contributed by atoms with van der Waals surface area (Å²) >= 11 is 0. The molecule has 0 radical (unpaired) electrons. The van der Waals surface area contributed by atoms with E-state index in [0.717, 1.165) is 31.2 Å². The maximum Gasteiger partial charge on any atom is 0.223 e. The highest BCUT2D eigenvalue weighted by molar-refractivity contribution is 5.78. The number of nitrogens with two attached hydrogens (primary N) is 1. The Bertz CT molecular complexity index is 572. The zero-order valence-electron chi connectivity index (χ0n) is 15.2. The lowest BCUT2D eigenvalue weighted by Crippen LogP contribution is -2.42. The van der Waals surface area contributed by atoms with Gasteiger partial charge in [-0.2, -0.15) is 0 Å². The average molecular weight is 334 g/mol. The van der Waals surface area contributed by atoms with Crippen LogP contribution in [0.15, 0.2) is 18.2 Å². The third-order valence-electron chi connectivity index (χ3n) is 4.96. The second-order valence-corrected chi connectivity index (χ2v) is 7.30. The van der Waals surface area contributed by atoms with Gasteiger partial charge < -0.3 is 20.5 Å². The van der Waals surface area contributed by atoms with E-state index in [2.05, 4.69) is 19.2 Å². The van der Waals surface area contributed by atoms with Gasteiger partial charge in [-0.3, -0.25) is 4.79 Å². The van der Waals surface area contributed by atoms with Gasteiger partial charge in [-0.25, -0.2) is 0 Å². The van der Waals surface area contributed by atoms with Crippen LogP contribution in [0.5, 0.6) is 11.5 Å². The lowest BCUT2D eigenvalue weighted by atomic mass is 9.83. The zero-order chi connectivity index (χ0) is 17.7. The van der Waals surface area contributed by atoms with Crippen LogP contribution in [0.2, 0.25) is 0 Å². The molecule has 24 heavy (non-hydrogen) atoms. The fourth-order valence-corrected chi connectivity index (χ4v) is 3.28. The number of carbonyl (C=O) groups excluding carboxylic acids is 1. The van der Waals surface area contributed by atoms with E-state index in [0.29, 0.717) is 18.0 Å². The van der Waals surface area contributed by atoms with Crippen LogP contribution in [-0.2, 0) is 10.2 Å². The van der Waals surface area contributed by atoms with E-state index < -0.39 is 0 Å². The molecule has 1 aromatic rings. The van der Waals surface area contributed by atoms with Gasteiger partial charge in [0.2, 0.25) is 5.91 Å². The van der Waals surface area contributed by atoms with Crippen LogP contribution in [0, 0.1) is 5.92 Å². The van der Waals surface area contributed by atoms with E-state index >= 15 is 0 Å². The molecule has 0 aromatic heterocycles. The Kier molecular flexibility index (Phi) is 6.10. The smallest absolute Gasteiger partial charge is 0.223 e. The first-order valence-electron chi connectivity index (χ1n) is 8.63. The predicted octanol–water partition coefficient (Wildman–Crippen LogP) is 2.62. The molecule has 3 N–H and O–H groups in total. The molecule has 1 amide bonds. The van der Waals surface area contributed by atoms with Crippen LogP contribution in [0.3, 0.4) is 0 Å². The van der Waals surface area contributed by atoms with Crippen LogP contribution in [0.1, 0.15) is 45.1 Å². The summed E-state index contributed by atoms with van der Waals surface area (Å²) in [6, 6.07) is 6.05. The van der Waals surface area contributed by atoms with E-state index in [1.807, 2.05) is 18.2 Å². The topological polar surface area (TPSA) is 73.6 Å². The maximum absolute atomic E-state index is 12.4. The number of nitrogens with one attached hydrogen (secondary N) is 1. The Morgan fingerprint density at radius 3 is 2.58 bits per heavy atom. The highest BCUT2D eigenvalue weighted by Gasteiger charge is 2.28. The van der Waals surface area contributed by atoms with E-state index in [1.54, 1.807) is 14.2 Å². The summed E-state index contributed by atoms with van der Waals surface area (Å²) in [5, 5.41) is 3.11. The van der Waals surface area contributed by atoms with Gasteiger partial charge in [0.25, 0.3) is 0 Å². The second kappa shape index (κ2) is 7.88. The van der Waals surface area contributed by atoms with Crippen molar-refractivity contribution in [3.05, 3.63) is 23.8 Å². The quantitative estimate of drug-likeness (QED) is 0.839. The summed E-state index contributed by atoms with van der Waals surface area (Å²) in [7, 11) is 3.25. The molecule has 1 aliphatic rings. The van der Waals surface area contributed by atoms with Gasteiger partial charge in [-0.05, 0) is 37.0 Å². The molecule has 1 saturated carbocycles. The lowest BCUT2D eigenvalue weighted by Gasteiger charge is -2.29. The lowest BCUT2D eigenvalue weighted by molar-refractivity contribution is -0.126. The van der Waals surface area contributed by atoms with Crippen LogP contribution in [0.4, 0.5) is 0 Å². The highest BCUT2D eigenvalue weighted by atomic mass is 16.5. The van der Waals surface area contributed by atoms with Crippen molar-refractivity contribution in [3.63, 3.8) is 0 Å². The number of methoxy groups -OCH3 is 2. The van der Waals surface area contributed by atoms with Gasteiger partial charge in [0.1, 0.15) is 0 Å². The van der Waals surface area contributed by atoms with E-state index in [4.69, 9.17) is 15.2 Å². The first kappa shape index (κ1) is 18.6. The number of ether oxygens (including phenoxy) is 2. The largest absolute Gasteiger partial charge is 0.493 e. The van der Waals surface area contributed by atoms with Crippen molar-refractivity contribution < 1.29 is 14.3 Å². The summed E-state index contributed by atoms with van der Waals surface area (Å²) in [5.41, 5.74) is 6.89. The van der Waals surface area contributed by atoms with Gasteiger partial charge in [0.05, 0.1) is 14.2 Å². The number of hydrogen-bond donors (Lipinski definition) is 2. The van der Waals surface area contributed by atoms with Crippen molar-refractivity contribution in [2.75, 3.05) is 20.8 Å². The molecule has 0 saturated heterocycles. The van der Waals surface area contributed by atoms with Crippen molar-refractivity contribution in [2.24, 2.45) is 11.7 Å². The van der Waals surface area contributed by atoms with Gasteiger partial charge in [0, 0.05) is 23.9 Å². The molecule has 2 unspecified atom stereocenters. The first-order chi connectivity index (χ1) is 11.4. The minimum absolute atomic E-state index is 0.0509. The molecule has 1 fully saturated rings. The first-order valence-corrected chi connectivity index (χ1v) is 8.63. The molecular formula is C19H30N2O3. The van der Waals surface area contributed by atoms with Gasteiger partial charge in [-0.1, -0.05) is 26.3 Å². The second-order valence-electron chi connectivity index (χ2n) is 7.30. The maximum atomic E-state index is 12.4. The SMILES string of the molecule is COc1ccc(C(C)(C)CNC(=O)C2CCCC(N)C2)cc1OC. The van der Waals surface area contributed by atoms with Crippen molar-refractivity contribution >= 4 is 5.91 Å². The molecule has 0 heterocycles. The Labute approximate surface area is 144 Å². The van der Waals surface area contributed by atoms with E-state index in [-0.39, 0.29) is 23.3 Å². The molecule has 2 rings (SSSR count). The molecule has 5 heteroatoms. The summed E-state index contributed by atoms with van der Waals surface area (Å²) < 4.78 is 10.7. The molecule has 1 aliphatic carbocycles. The number of benzene rings is 1. The minimum Gasteiger partial charge on any atom is -0.493 e. The Balaban J connectivity index is 2.01. The fraction of sp³-hybridized carbons (Fsp3) is 0.632. The molecule has 0 aliphatic heterocycles. The van der Waals surface area contributed by atoms with Crippen LogP contribution < -0.4 is 20.5 Å². The van der Waals surface area contributed by atoms with Crippen LogP contribution in [-0.4, -0.2) is 32.7 Å². The van der Waals surface area contributed by atoms with Crippen molar-refractivity contribution in [3.8, 4) is 11.5 Å². The molecule has 0 spiro atoms. The molecule has 134 valence electrons. The number of amides is 1. The molecule has 0 bridgehead atoms.